The zero-order valence-corrected chi connectivity index (χ0v) is 16.4. The number of hydrogen-bond acceptors (Lipinski definition) is 3. The van der Waals surface area contributed by atoms with Gasteiger partial charge in [0.15, 0.2) is 0 Å². The van der Waals surface area contributed by atoms with Crippen molar-refractivity contribution in [3.8, 4) is 0 Å². The number of carbonyl (C=O) groups is 2. The zero-order chi connectivity index (χ0) is 19.6. The molecule has 0 aliphatic carbocycles. The molecule has 144 valence electrons. The molecule has 5 heteroatoms. The summed E-state index contributed by atoms with van der Waals surface area (Å²) >= 11 is 0. The molecular formula is C22H29N3O2. The van der Waals surface area contributed by atoms with E-state index in [2.05, 4.69) is 36.3 Å². The molecule has 5 nitrogen and oxygen atoms in total. The number of rotatable bonds is 9. The molecule has 0 aliphatic heterocycles. The summed E-state index contributed by atoms with van der Waals surface area (Å²) in [7, 11) is 0. The third-order valence-electron chi connectivity index (χ3n) is 4.47. The van der Waals surface area contributed by atoms with Gasteiger partial charge < -0.3 is 10.6 Å². The van der Waals surface area contributed by atoms with E-state index in [0.29, 0.717) is 30.3 Å². The van der Waals surface area contributed by atoms with Gasteiger partial charge in [0, 0.05) is 36.8 Å². The molecule has 2 aromatic rings. The van der Waals surface area contributed by atoms with Crippen molar-refractivity contribution < 1.29 is 9.59 Å². The van der Waals surface area contributed by atoms with E-state index in [1.165, 1.54) is 5.56 Å². The second kappa shape index (κ2) is 10.5. The third kappa shape index (κ3) is 6.53. The number of nitrogens with one attached hydrogen (secondary N) is 2. The number of hydrogen-bond donors (Lipinski definition) is 2. The van der Waals surface area contributed by atoms with Gasteiger partial charge in [0.2, 0.25) is 0 Å². The predicted octanol–water partition coefficient (Wildman–Crippen LogP) is 3.08. The van der Waals surface area contributed by atoms with Crippen LogP contribution in [0.25, 0.3) is 0 Å². The molecule has 0 bridgehead atoms. The van der Waals surface area contributed by atoms with Crippen LogP contribution in [0, 0.1) is 0 Å². The van der Waals surface area contributed by atoms with Crippen molar-refractivity contribution in [2.24, 2.45) is 0 Å². The summed E-state index contributed by atoms with van der Waals surface area (Å²) in [6.45, 7) is 9.16. The Kier molecular flexibility index (Phi) is 8.01. The molecule has 2 rings (SSSR count). The Morgan fingerprint density at radius 3 is 1.85 bits per heavy atom. The summed E-state index contributed by atoms with van der Waals surface area (Å²) in [5, 5.41) is 5.63. The van der Waals surface area contributed by atoms with Gasteiger partial charge in [0.25, 0.3) is 11.8 Å². The van der Waals surface area contributed by atoms with Crippen molar-refractivity contribution in [1.82, 2.24) is 15.5 Å². The first-order valence-electron chi connectivity index (χ1n) is 9.45. The van der Waals surface area contributed by atoms with Crippen molar-refractivity contribution in [2.75, 3.05) is 19.6 Å². The molecule has 2 amide bonds. The SMILES string of the molecule is CCN(Cc1ccc(C(=O)NCCNC(=O)c2ccccc2)cc1)C(C)C. The number of amides is 2. The van der Waals surface area contributed by atoms with Crippen LogP contribution >= 0.6 is 0 Å². The Hall–Kier alpha value is -2.66. The molecule has 0 spiro atoms. The number of carbonyl (C=O) groups excluding carboxylic acids is 2. The first kappa shape index (κ1) is 20.6. The van der Waals surface area contributed by atoms with E-state index < -0.39 is 0 Å². The summed E-state index contributed by atoms with van der Waals surface area (Å²) in [4.78, 5) is 26.5. The summed E-state index contributed by atoms with van der Waals surface area (Å²) < 4.78 is 0. The maximum absolute atomic E-state index is 12.2. The standard InChI is InChI=1S/C22H29N3O2/c1-4-25(17(2)3)16-18-10-12-20(13-11-18)22(27)24-15-14-23-21(26)19-8-6-5-7-9-19/h5-13,17H,4,14-16H2,1-3H3,(H,23,26)(H,24,27). The fourth-order valence-corrected chi connectivity index (χ4v) is 2.80. The average molecular weight is 367 g/mol. The smallest absolute Gasteiger partial charge is 0.251 e. The fourth-order valence-electron chi connectivity index (χ4n) is 2.80. The van der Waals surface area contributed by atoms with Crippen molar-refractivity contribution in [1.29, 1.82) is 0 Å². The summed E-state index contributed by atoms with van der Waals surface area (Å²) in [6, 6.07) is 17.2. The largest absolute Gasteiger partial charge is 0.350 e. The van der Waals surface area contributed by atoms with Crippen LogP contribution in [-0.4, -0.2) is 42.4 Å². The average Bonchev–Trinajstić information content (AvgIpc) is 2.69. The maximum Gasteiger partial charge on any atom is 0.251 e. The molecule has 0 atom stereocenters. The highest BCUT2D eigenvalue weighted by atomic mass is 16.2. The zero-order valence-electron chi connectivity index (χ0n) is 16.4. The Bertz CT molecular complexity index is 727. The van der Waals surface area contributed by atoms with Gasteiger partial charge in [-0.25, -0.2) is 0 Å². The molecule has 2 N–H and O–H groups in total. The lowest BCUT2D eigenvalue weighted by Gasteiger charge is -2.24. The van der Waals surface area contributed by atoms with E-state index in [1.54, 1.807) is 12.1 Å². The van der Waals surface area contributed by atoms with E-state index >= 15 is 0 Å². The first-order valence-corrected chi connectivity index (χ1v) is 9.45. The second-order valence-corrected chi connectivity index (χ2v) is 6.73. The Balaban J connectivity index is 1.76. The van der Waals surface area contributed by atoms with Crippen LogP contribution in [0.2, 0.25) is 0 Å². The highest BCUT2D eigenvalue weighted by Gasteiger charge is 2.09. The van der Waals surface area contributed by atoms with E-state index in [-0.39, 0.29) is 11.8 Å². The summed E-state index contributed by atoms with van der Waals surface area (Å²) in [5.41, 5.74) is 2.43. The lowest BCUT2D eigenvalue weighted by molar-refractivity contribution is 0.0927. The molecule has 0 heterocycles. The summed E-state index contributed by atoms with van der Waals surface area (Å²) in [6.07, 6.45) is 0. The Labute approximate surface area is 161 Å². The molecule has 0 aromatic heterocycles. The minimum atomic E-state index is -0.139. The van der Waals surface area contributed by atoms with Gasteiger partial charge >= 0.3 is 0 Å². The maximum atomic E-state index is 12.2. The molecule has 27 heavy (non-hydrogen) atoms. The molecule has 0 saturated carbocycles. The van der Waals surface area contributed by atoms with Gasteiger partial charge in [0.1, 0.15) is 0 Å². The van der Waals surface area contributed by atoms with Crippen LogP contribution in [0.4, 0.5) is 0 Å². The minimum absolute atomic E-state index is 0.133. The lowest BCUT2D eigenvalue weighted by atomic mass is 10.1. The van der Waals surface area contributed by atoms with E-state index in [4.69, 9.17) is 0 Å². The van der Waals surface area contributed by atoms with Gasteiger partial charge in [-0.2, -0.15) is 0 Å². The predicted molar refractivity (Wildman–Crippen MR) is 109 cm³/mol. The quantitative estimate of drug-likeness (QED) is 0.670. The fraction of sp³-hybridized carbons (Fsp3) is 0.364. The molecule has 0 unspecified atom stereocenters. The van der Waals surface area contributed by atoms with Crippen LogP contribution in [0.5, 0.6) is 0 Å². The van der Waals surface area contributed by atoms with Crippen LogP contribution in [0.3, 0.4) is 0 Å². The molecule has 0 radical (unpaired) electrons. The van der Waals surface area contributed by atoms with Crippen LogP contribution in [0.1, 0.15) is 47.1 Å². The van der Waals surface area contributed by atoms with E-state index in [1.807, 2.05) is 42.5 Å². The van der Waals surface area contributed by atoms with Crippen LogP contribution in [0.15, 0.2) is 54.6 Å². The monoisotopic (exact) mass is 367 g/mol. The van der Waals surface area contributed by atoms with Crippen molar-refractivity contribution in [2.45, 2.75) is 33.4 Å². The van der Waals surface area contributed by atoms with Gasteiger partial charge in [-0.15, -0.1) is 0 Å². The molecule has 0 aliphatic rings. The number of nitrogens with zero attached hydrogens (tertiary/aromatic N) is 1. The van der Waals surface area contributed by atoms with Crippen LogP contribution < -0.4 is 10.6 Å². The first-order chi connectivity index (χ1) is 13.0. The van der Waals surface area contributed by atoms with Gasteiger partial charge in [0.05, 0.1) is 0 Å². The Morgan fingerprint density at radius 1 is 0.852 bits per heavy atom. The van der Waals surface area contributed by atoms with Crippen molar-refractivity contribution in [3.05, 3.63) is 71.3 Å². The van der Waals surface area contributed by atoms with Crippen LogP contribution in [-0.2, 0) is 6.54 Å². The van der Waals surface area contributed by atoms with Crippen molar-refractivity contribution in [3.63, 3.8) is 0 Å². The van der Waals surface area contributed by atoms with E-state index in [0.717, 1.165) is 13.1 Å². The normalized spacial score (nSPS) is 10.9. The topological polar surface area (TPSA) is 61.4 Å². The van der Waals surface area contributed by atoms with Crippen molar-refractivity contribution >= 4 is 11.8 Å². The third-order valence-corrected chi connectivity index (χ3v) is 4.47. The molecular weight excluding hydrogens is 338 g/mol. The molecule has 2 aromatic carbocycles. The Morgan fingerprint density at radius 2 is 1.37 bits per heavy atom. The molecule has 0 saturated heterocycles. The van der Waals surface area contributed by atoms with Gasteiger partial charge in [-0.3, -0.25) is 14.5 Å². The van der Waals surface area contributed by atoms with E-state index in [9.17, 15) is 9.59 Å². The highest BCUT2D eigenvalue weighted by molar-refractivity contribution is 5.95. The highest BCUT2D eigenvalue weighted by Crippen LogP contribution is 2.10. The molecule has 0 fully saturated rings. The van der Waals surface area contributed by atoms with Gasteiger partial charge in [-0.1, -0.05) is 37.3 Å². The van der Waals surface area contributed by atoms with Gasteiger partial charge in [-0.05, 0) is 50.2 Å². The minimum Gasteiger partial charge on any atom is -0.350 e. The second-order valence-electron chi connectivity index (χ2n) is 6.73. The number of benzene rings is 2. The lowest BCUT2D eigenvalue weighted by Crippen LogP contribution is -2.34. The summed E-state index contributed by atoms with van der Waals surface area (Å²) in [5.74, 6) is -0.272.